The van der Waals surface area contributed by atoms with E-state index in [1.807, 2.05) is 0 Å². The highest BCUT2D eigenvalue weighted by Gasteiger charge is 2.39. The van der Waals surface area contributed by atoms with E-state index in [1.54, 1.807) is 6.42 Å². The Kier molecular flexibility index (Phi) is 3.72. The van der Waals surface area contributed by atoms with Gasteiger partial charge in [0.05, 0.1) is 0 Å². The number of likely N-dealkylation sites (tertiary alicyclic amines) is 1. The fraction of sp³-hybridized carbons (Fsp3) is 1.00. The summed E-state index contributed by atoms with van der Waals surface area (Å²) in [5.74, 6) is 3.21. The molecule has 2 saturated carbocycles. The quantitative estimate of drug-likeness (QED) is 0.810. The highest BCUT2D eigenvalue weighted by molar-refractivity contribution is 4.91. The van der Waals surface area contributed by atoms with E-state index in [2.05, 4.69) is 17.3 Å². The van der Waals surface area contributed by atoms with Crippen LogP contribution in [0.3, 0.4) is 0 Å². The third-order valence-electron chi connectivity index (χ3n) is 5.50. The highest BCUT2D eigenvalue weighted by atomic mass is 15.1. The summed E-state index contributed by atoms with van der Waals surface area (Å²) in [7, 11) is 2.26. The van der Waals surface area contributed by atoms with Crippen LogP contribution >= 0.6 is 0 Å². The number of rotatable bonds is 3. The molecule has 0 spiro atoms. The van der Waals surface area contributed by atoms with Gasteiger partial charge in [-0.25, -0.2) is 0 Å². The van der Waals surface area contributed by atoms with Crippen molar-refractivity contribution in [2.24, 2.45) is 17.8 Å². The number of hydrogen-bond donors (Lipinski definition) is 1. The molecule has 2 bridgehead atoms. The minimum atomic E-state index is 0.805. The molecule has 1 aliphatic heterocycles. The second-order valence-electron chi connectivity index (χ2n) is 6.77. The van der Waals surface area contributed by atoms with Gasteiger partial charge in [0, 0.05) is 6.04 Å². The van der Waals surface area contributed by atoms with Crippen LogP contribution in [-0.2, 0) is 0 Å². The van der Waals surface area contributed by atoms with Crippen LogP contribution in [0.25, 0.3) is 0 Å². The summed E-state index contributed by atoms with van der Waals surface area (Å²) in [6.07, 6.45) is 10.3. The van der Waals surface area contributed by atoms with Gasteiger partial charge in [0.1, 0.15) is 0 Å². The summed E-state index contributed by atoms with van der Waals surface area (Å²) in [6.45, 7) is 3.90. The van der Waals surface area contributed by atoms with Crippen LogP contribution in [0.5, 0.6) is 0 Å². The molecule has 2 aliphatic carbocycles. The summed E-state index contributed by atoms with van der Waals surface area (Å²) >= 11 is 0. The molecule has 1 saturated heterocycles. The van der Waals surface area contributed by atoms with Crippen molar-refractivity contribution in [2.75, 3.05) is 26.7 Å². The van der Waals surface area contributed by atoms with E-state index in [-0.39, 0.29) is 0 Å². The Hall–Kier alpha value is -0.0800. The molecule has 0 aromatic carbocycles. The van der Waals surface area contributed by atoms with Crippen LogP contribution in [0, 0.1) is 17.8 Å². The molecule has 3 aliphatic rings. The zero-order chi connectivity index (χ0) is 11.7. The summed E-state index contributed by atoms with van der Waals surface area (Å²) in [4.78, 5) is 2.49. The fourth-order valence-corrected chi connectivity index (χ4v) is 4.39. The van der Waals surface area contributed by atoms with Crippen molar-refractivity contribution < 1.29 is 0 Å². The Morgan fingerprint density at radius 3 is 2.76 bits per heavy atom. The predicted octanol–water partition coefficient (Wildman–Crippen LogP) is 2.50. The van der Waals surface area contributed by atoms with E-state index in [0.717, 1.165) is 23.8 Å². The van der Waals surface area contributed by atoms with Crippen molar-refractivity contribution in [1.82, 2.24) is 10.2 Å². The Bertz CT molecular complexity index is 253. The third kappa shape index (κ3) is 2.85. The fourth-order valence-electron chi connectivity index (χ4n) is 4.39. The van der Waals surface area contributed by atoms with Crippen LogP contribution in [0.2, 0.25) is 0 Å². The van der Waals surface area contributed by atoms with Crippen LogP contribution in [0.15, 0.2) is 0 Å². The largest absolute Gasteiger partial charge is 0.314 e. The maximum absolute atomic E-state index is 3.88. The van der Waals surface area contributed by atoms with Crippen molar-refractivity contribution in [2.45, 2.75) is 51.0 Å². The smallest absolute Gasteiger partial charge is 0.00798 e. The van der Waals surface area contributed by atoms with Crippen LogP contribution < -0.4 is 5.32 Å². The molecule has 4 unspecified atom stereocenters. The Morgan fingerprint density at radius 2 is 2.00 bits per heavy atom. The van der Waals surface area contributed by atoms with E-state index in [9.17, 15) is 0 Å². The van der Waals surface area contributed by atoms with Crippen molar-refractivity contribution in [3.63, 3.8) is 0 Å². The first-order chi connectivity index (χ1) is 8.31. The Morgan fingerprint density at radius 1 is 1.06 bits per heavy atom. The van der Waals surface area contributed by atoms with E-state index >= 15 is 0 Å². The molecule has 0 aromatic heterocycles. The standard InChI is InChI=1S/C15H28N2/c1-17-7-2-3-15(6-8-17)16-11-14-10-12-4-5-13(14)9-12/h12-16H,2-11H2,1H3. The molecule has 3 rings (SSSR count). The average Bonchev–Trinajstić information content (AvgIpc) is 2.88. The van der Waals surface area contributed by atoms with Crippen molar-refractivity contribution >= 4 is 0 Å². The topological polar surface area (TPSA) is 15.3 Å². The molecule has 17 heavy (non-hydrogen) atoms. The van der Waals surface area contributed by atoms with E-state index in [4.69, 9.17) is 0 Å². The molecule has 1 heterocycles. The summed E-state index contributed by atoms with van der Waals surface area (Å²) in [6, 6.07) is 0.805. The van der Waals surface area contributed by atoms with E-state index in [0.29, 0.717) is 0 Å². The maximum atomic E-state index is 3.88. The first kappa shape index (κ1) is 12.0. The van der Waals surface area contributed by atoms with Crippen LogP contribution in [0.1, 0.15) is 44.9 Å². The number of nitrogens with one attached hydrogen (secondary N) is 1. The SMILES string of the molecule is CN1CCCC(NCC2CC3CCC2C3)CC1. The zero-order valence-electron chi connectivity index (χ0n) is 11.3. The summed E-state index contributed by atoms with van der Waals surface area (Å²) in [5.41, 5.74) is 0. The Labute approximate surface area is 106 Å². The van der Waals surface area contributed by atoms with E-state index < -0.39 is 0 Å². The normalized spacial score (nSPS) is 42.9. The van der Waals surface area contributed by atoms with Crippen LogP contribution in [-0.4, -0.2) is 37.6 Å². The molecular formula is C15H28N2. The van der Waals surface area contributed by atoms with Gasteiger partial charge in [-0.05, 0) is 83.0 Å². The monoisotopic (exact) mass is 236 g/mol. The van der Waals surface area contributed by atoms with Gasteiger partial charge in [-0.3, -0.25) is 0 Å². The summed E-state index contributed by atoms with van der Waals surface area (Å²) in [5, 5.41) is 3.88. The number of hydrogen-bond acceptors (Lipinski definition) is 2. The molecule has 1 N–H and O–H groups in total. The average molecular weight is 236 g/mol. The maximum Gasteiger partial charge on any atom is 0.00798 e. The number of nitrogens with zero attached hydrogens (tertiary/aromatic N) is 1. The van der Waals surface area contributed by atoms with Gasteiger partial charge in [-0.1, -0.05) is 6.42 Å². The molecule has 98 valence electrons. The van der Waals surface area contributed by atoms with E-state index in [1.165, 1.54) is 58.2 Å². The molecule has 4 atom stereocenters. The minimum Gasteiger partial charge on any atom is -0.314 e. The second kappa shape index (κ2) is 5.27. The van der Waals surface area contributed by atoms with Gasteiger partial charge in [-0.2, -0.15) is 0 Å². The lowest BCUT2D eigenvalue weighted by Gasteiger charge is -2.25. The van der Waals surface area contributed by atoms with Gasteiger partial charge >= 0.3 is 0 Å². The second-order valence-corrected chi connectivity index (χ2v) is 6.77. The van der Waals surface area contributed by atoms with Crippen molar-refractivity contribution in [3.8, 4) is 0 Å². The highest BCUT2D eigenvalue weighted by Crippen LogP contribution is 2.47. The minimum absolute atomic E-state index is 0.805. The van der Waals surface area contributed by atoms with Gasteiger partial charge in [0.15, 0.2) is 0 Å². The first-order valence-electron chi connectivity index (χ1n) is 7.73. The lowest BCUT2D eigenvalue weighted by atomic mass is 9.88. The predicted molar refractivity (Wildman–Crippen MR) is 72.1 cm³/mol. The molecule has 2 heteroatoms. The molecular weight excluding hydrogens is 208 g/mol. The van der Waals surface area contributed by atoms with Gasteiger partial charge in [0.25, 0.3) is 0 Å². The molecule has 2 nitrogen and oxygen atoms in total. The van der Waals surface area contributed by atoms with Gasteiger partial charge in [-0.15, -0.1) is 0 Å². The lowest BCUT2D eigenvalue weighted by Crippen LogP contribution is -2.35. The molecule has 0 radical (unpaired) electrons. The summed E-state index contributed by atoms with van der Waals surface area (Å²) < 4.78 is 0. The lowest BCUT2D eigenvalue weighted by molar-refractivity contribution is 0.296. The Balaban J connectivity index is 1.42. The zero-order valence-corrected chi connectivity index (χ0v) is 11.3. The third-order valence-corrected chi connectivity index (χ3v) is 5.50. The first-order valence-corrected chi connectivity index (χ1v) is 7.73. The van der Waals surface area contributed by atoms with Gasteiger partial charge < -0.3 is 10.2 Å². The van der Waals surface area contributed by atoms with Crippen LogP contribution in [0.4, 0.5) is 0 Å². The molecule has 0 amide bonds. The molecule has 0 aromatic rings. The van der Waals surface area contributed by atoms with Crippen molar-refractivity contribution in [3.05, 3.63) is 0 Å². The number of fused-ring (bicyclic) bond motifs is 2. The van der Waals surface area contributed by atoms with Crippen molar-refractivity contribution in [1.29, 1.82) is 0 Å². The van der Waals surface area contributed by atoms with Gasteiger partial charge in [0.2, 0.25) is 0 Å². The molecule has 3 fully saturated rings.